The van der Waals surface area contributed by atoms with E-state index in [4.69, 9.17) is 4.98 Å². The second kappa shape index (κ2) is 8.74. The summed E-state index contributed by atoms with van der Waals surface area (Å²) in [6.45, 7) is 2.28. The van der Waals surface area contributed by atoms with Gasteiger partial charge in [-0.1, -0.05) is 72.8 Å². The van der Waals surface area contributed by atoms with Gasteiger partial charge in [-0.05, 0) is 36.6 Å². The molecule has 1 N–H and O–H groups in total. The van der Waals surface area contributed by atoms with Gasteiger partial charge in [0.1, 0.15) is 12.4 Å². The molecule has 1 aromatic heterocycles. The average Bonchev–Trinajstić information content (AvgIpc) is 3.11. The molecule has 0 saturated carbocycles. The zero-order chi connectivity index (χ0) is 20.1. The topological polar surface area (TPSA) is 46.9 Å². The fraction of sp³-hybridized carbons (Fsp3) is 0.200. The van der Waals surface area contributed by atoms with E-state index in [0.29, 0.717) is 0 Å². The Bertz CT molecular complexity index is 1090. The normalized spacial score (nSPS) is 12.0. The zero-order valence-corrected chi connectivity index (χ0v) is 16.6. The maximum absolute atomic E-state index is 12.8. The van der Waals surface area contributed by atoms with Crippen LogP contribution in [-0.2, 0) is 24.2 Å². The second-order valence-electron chi connectivity index (χ2n) is 7.29. The van der Waals surface area contributed by atoms with Gasteiger partial charge < -0.3 is 9.88 Å². The molecule has 0 aliphatic heterocycles. The van der Waals surface area contributed by atoms with Gasteiger partial charge in [0.15, 0.2) is 0 Å². The summed E-state index contributed by atoms with van der Waals surface area (Å²) in [5.41, 5.74) is 4.30. The van der Waals surface area contributed by atoms with Crippen molar-refractivity contribution in [3.8, 4) is 0 Å². The lowest BCUT2D eigenvalue weighted by atomic mass is 10.1. The Balaban J connectivity index is 1.53. The van der Waals surface area contributed by atoms with E-state index >= 15 is 0 Å². The van der Waals surface area contributed by atoms with Gasteiger partial charge in [0.05, 0.1) is 17.1 Å². The number of nitrogens with zero attached hydrogens (tertiary/aromatic N) is 2. The highest BCUT2D eigenvalue weighted by atomic mass is 16.2. The summed E-state index contributed by atoms with van der Waals surface area (Å²) in [5, 5.41) is 3.11. The van der Waals surface area contributed by atoms with Crippen molar-refractivity contribution in [1.29, 1.82) is 0 Å². The number of benzene rings is 3. The van der Waals surface area contributed by atoms with Gasteiger partial charge in [0, 0.05) is 6.42 Å². The molecule has 1 heterocycles. The standard InChI is InChI=1S/C25H25N3O/c1-19(21-12-6-3-7-13-21)26-25(29)18-28-23-15-9-8-14-22(23)27-24(28)17-16-20-10-4-2-5-11-20/h2-15,19H,16-18H2,1H3,(H,26,29). The molecule has 4 aromatic rings. The predicted octanol–water partition coefficient (Wildman–Crippen LogP) is 4.70. The molecule has 0 saturated heterocycles. The number of aromatic nitrogens is 2. The van der Waals surface area contributed by atoms with Crippen LogP contribution in [0.5, 0.6) is 0 Å². The summed E-state index contributed by atoms with van der Waals surface area (Å²) in [7, 11) is 0. The van der Waals surface area contributed by atoms with Gasteiger partial charge in [-0.15, -0.1) is 0 Å². The Hall–Kier alpha value is -3.40. The summed E-state index contributed by atoms with van der Waals surface area (Å²) in [6.07, 6.45) is 1.69. The van der Waals surface area contributed by atoms with E-state index < -0.39 is 0 Å². The maximum atomic E-state index is 12.8. The first-order valence-electron chi connectivity index (χ1n) is 10.0. The Kier molecular flexibility index (Phi) is 5.71. The molecule has 3 aromatic carbocycles. The van der Waals surface area contributed by atoms with Crippen molar-refractivity contribution in [3.63, 3.8) is 0 Å². The first kappa shape index (κ1) is 18.9. The van der Waals surface area contributed by atoms with Crippen molar-refractivity contribution < 1.29 is 4.79 Å². The minimum absolute atomic E-state index is 0.00883. The minimum Gasteiger partial charge on any atom is -0.348 e. The zero-order valence-electron chi connectivity index (χ0n) is 16.6. The Morgan fingerprint density at radius 1 is 0.897 bits per heavy atom. The van der Waals surface area contributed by atoms with Crippen LogP contribution in [0.2, 0.25) is 0 Å². The molecule has 1 amide bonds. The number of aryl methyl sites for hydroxylation is 2. The molecule has 0 bridgehead atoms. The third-order valence-electron chi connectivity index (χ3n) is 5.19. The maximum Gasteiger partial charge on any atom is 0.240 e. The smallest absolute Gasteiger partial charge is 0.240 e. The van der Waals surface area contributed by atoms with Crippen molar-refractivity contribution in [3.05, 3.63) is 102 Å². The summed E-state index contributed by atoms with van der Waals surface area (Å²) in [4.78, 5) is 17.6. The van der Waals surface area contributed by atoms with Crippen LogP contribution in [0.25, 0.3) is 11.0 Å². The second-order valence-corrected chi connectivity index (χ2v) is 7.29. The molecule has 0 spiro atoms. The lowest BCUT2D eigenvalue weighted by Gasteiger charge is -2.16. The van der Waals surface area contributed by atoms with Crippen LogP contribution in [0.15, 0.2) is 84.9 Å². The Morgan fingerprint density at radius 3 is 2.31 bits per heavy atom. The number of fused-ring (bicyclic) bond motifs is 1. The van der Waals surface area contributed by atoms with Crippen LogP contribution in [-0.4, -0.2) is 15.5 Å². The number of carbonyl (C=O) groups is 1. The third kappa shape index (κ3) is 4.54. The van der Waals surface area contributed by atoms with Crippen molar-refractivity contribution in [2.24, 2.45) is 0 Å². The molecule has 1 unspecified atom stereocenters. The first-order valence-corrected chi connectivity index (χ1v) is 10.0. The number of rotatable bonds is 7. The van der Waals surface area contributed by atoms with Crippen molar-refractivity contribution >= 4 is 16.9 Å². The van der Waals surface area contributed by atoms with Crippen molar-refractivity contribution in [1.82, 2.24) is 14.9 Å². The van der Waals surface area contributed by atoms with Gasteiger partial charge in [-0.25, -0.2) is 4.98 Å². The van der Waals surface area contributed by atoms with Gasteiger partial charge in [-0.2, -0.15) is 0 Å². The lowest BCUT2D eigenvalue weighted by Crippen LogP contribution is -2.30. The summed E-state index contributed by atoms with van der Waals surface area (Å²) in [5.74, 6) is 0.933. The highest BCUT2D eigenvalue weighted by Gasteiger charge is 2.15. The fourth-order valence-electron chi connectivity index (χ4n) is 3.65. The molecule has 4 nitrogen and oxygen atoms in total. The van der Waals surface area contributed by atoms with Gasteiger partial charge >= 0.3 is 0 Å². The number of hydrogen-bond donors (Lipinski definition) is 1. The van der Waals surface area contributed by atoms with Crippen molar-refractivity contribution in [2.45, 2.75) is 32.4 Å². The molecule has 0 radical (unpaired) electrons. The largest absolute Gasteiger partial charge is 0.348 e. The van der Waals surface area contributed by atoms with Crippen LogP contribution in [0.3, 0.4) is 0 Å². The predicted molar refractivity (Wildman–Crippen MR) is 117 cm³/mol. The minimum atomic E-state index is -0.0359. The molecular formula is C25H25N3O. The quantitative estimate of drug-likeness (QED) is 0.503. The van der Waals surface area contributed by atoms with Crippen LogP contribution in [0, 0.1) is 0 Å². The number of hydrogen-bond acceptors (Lipinski definition) is 2. The van der Waals surface area contributed by atoms with Crippen LogP contribution in [0.1, 0.15) is 29.9 Å². The van der Waals surface area contributed by atoms with Crippen LogP contribution >= 0.6 is 0 Å². The van der Waals surface area contributed by atoms with E-state index in [1.165, 1.54) is 5.56 Å². The van der Waals surface area contributed by atoms with E-state index in [1.807, 2.05) is 72.2 Å². The number of carbonyl (C=O) groups excluding carboxylic acids is 1. The molecule has 4 heteroatoms. The van der Waals surface area contributed by atoms with E-state index in [9.17, 15) is 4.79 Å². The Morgan fingerprint density at radius 2 is 1.55 bits per heavy atom. The van der Waals surface area contributed by atoms with Crippen molar-refractivity contribution in [2.75, 3.05) is 0 Å². The molecular weight excluding hydrogens is 358 g/mol. The third-order valence-corrected chi connectivity index (χ3v) is 5.19. The van der Waals surface area contributed by atoms with E-state index in [2.05, 4.69) is 29.6 Å². The number of amides is 1. The monoisotopic (exact) mass is 383 g/mol. The van der Waals surface area contributed by atoms with E-state index in [0.717, 1.165) is 35.3 Å². The number of imidazole rings is 1. The highest BCUT2D eigenvalue weighted by Crippen LogP contribution is 2.18. The average molecular weight is 383 g/mol. The SMILES string of the molecule is CC(NC(=O)Cn1c(CCc2ccccc2)nc2ccccc21)c1ccccc1. The summed E-state index contributed by atoms with van der Waals surface area (Å²) in [6, 6.07) is 28.4. The van der Waals surface area contributed by atoms with E-state index in [1.54, 1.807) is 0 Å². The fourth-order valence-corrected chi connectivity index (χ4v) is 3.65. The van der Waals surface area contributed by atoms with E-state index in [-0.39, 0.29) is 18.5 Å². The highest BCUT2D eigenvalue weighted by molar-refractivity contribution is 5.81. The van der Waals surface area contributed by atoms with Gasteiger partial charge in [-0.3, -0.25) is 4.79 Å². The molecule has 0 fully saturated rings. The molecule has 146 valence electrons. The molecule has 1 atom stereocenters. The number of para-hydroxylation sites is 2. The van der Waals surface area contributed by atoms with Crippen LogP contribution in [0.4, 0.5) is 0 Å². The summed E-state index contributed by atoms with van der Waals surface area (Å²) >= 11 is 0. The Labute approximate surface area is 171 Å². The molecule has 0 aliphatic carbocycles. The molecule has 0 aliphatic rings. The van der Waals surface area contributed by atoms with Gasteiger partial charge in [0.2, 0.25) is 5.91 Å². The summed E-state index contributed by atoms with van der Waals surface area (Å²) < 4.78 is 2.05. The molecule has 4 rings (SSSR count). The first-order chi connectivity index (χ1) is 14.2. The molecule has 29 heavy (non-hydrogen) atoms. The number of nitrogens with one attached hydrogen (secondary N) is 1. The van der Waals surface area contributed by atoms with Crippen LogP contribution < -0.4 is 5.32 Å². The lowest BCUT2D eigenvalue weighted by molar-refractivity contribution is -0.122. The van der Waals surface area contributed by atoms with Gasteiger partial charge in [0.25, 0.3) is 0 Å².